The largest absolute Gasteiger partial charge is 0.416 e. The fourth-order valence-corrected chi connectivity index (χ4v) is 1.31. The summed E-state index contributed by atoms with van der Waals surface area (Å²) in [4.78, 5) is 11.0. The van der Waals surface area contributed by atoms with Crippen molar-refractivity contribution in [3.8, 4) is 0 Å². The maximum Gasteiger partial charge on any atom is 0.416 e. The quantitative estimate of drug-likeness (QED) is 0.750. The Morgan fingerprint density at radius 1 is 1.12 bits per heavy atom. The fourth-order valence-electron chi connectivity index (χ4n) is 1.31. The van der Waals surface area contributed by atoms with Crippen molar-refractivity contribution in [3.05, 3.63) is 35.4 Å². The van der Waals surface area contributed by atoms with Crippen LogP contribution in [-0.2, 0) is 11.0 Å². The molecule has 0 amide bonds. The Morgan fingerprint density at radius 2 is 1.59 bits per heavy atom. The van der Waals surface area contributed by atoms with E-state index in [0.717, 1.165) is 24.3 Å². The molecule has 0 spiro atoms. The molecule has 1 aromatic carbocycles. The van der Waals surface area contributed by atoms with E-state index in [9.17, 15) is 26.7 Å². The van der Waals surface area contributed by atoms with Crippen LogP contribution in [0.25, 0.3) is 0 Å². The van der Waals surface area contributed by atoms with Gasteiger partial charge in [-0.25, -0.2) is 8.78 Å². The average molecular weight is 252 g/mol. The van der Waals surface area contributed by atoms with Gasteiger partial charge in [0.2, 0.25) is 5.78 Å². The maximum atomic E-state index is 12.2. The number of carbonyl (C=O) groups excluding carboxylic acids is 1. The molecule has 0 bridgehead atoms. The van der Waals surface area contributed by atoms with Gasteiger partial charge in [0.05, 0.1) is 5.56 Å². The van der Waals surface area contributed by atoms with Gasteiger partial charge in [-0.3, -0.25) is 4.79 Å². The number of rotatable bonds is 3. The van der Waals surface area contributed by atoms with Crippen LogP contribution in [0.4, 0.5) is 22.0 Å². The van der Waals surface area contributed by atoms with E-state index in [1.54, 1.807) is 0 Å². The van der Waals surface area contributed by atoms with Gasteiger partial charge in [0.1, 0.15) is 0 Å². The van der Waals surface area contributed by atoms with Crippen molar-refractivity contribution in [2.24, 2.45) is 0 Å². The molecule has 1 aromatic rings. The Balaban J connectivity index is 2.92. The zero-order chi connectivity index (χ0) is 13.2. The third kappa shape index (κ3) is 3.25. The first-order valence-corrected chi connectivity index (χ1v) is 4.72. The van der Waals surface area contributed by atoms with Crippen LogP contribution >= 0.6 is 0 Å². The third-order valence-corrected chi connectivity index (χ3v) is 2.38. The molecule has 1 rings (SSSR count). The number of alkyl halides is 5. The highest BCUT2D eigenvalue weighted by Gasteiger charge is 2.31. The third-order valence-electron chi connectivity index (χ3n) is 2.38. The molecule has 0 aliphatic carbocycles. The molecular weight excluding hydrogens is 243 g/mol. The van der Waals surface area contributed by atoms with Gasteiger partial charge in [0.15, 0.2) is 0 Å². The summed E-state index contributed by atoms with van der Waals surface area (Å²) < 4.78 is 60.9. The summed E-state index contributed by atoms with van der Waals surface area (Å²) in [6.45, 7) is 1.23. The summed E-state index contributed by atoms with van der Waals surface area (Å²) in [6, 6.07) is 3.61. The second-order valence-electron chi connectivity index (χ2n) is 3.54. The predicted molar refractivity (Wildman–Crippen MR) is 50.9 cm³/mol. The zero-order valence-corrected chi connectivity index (χ0v) is 8.76. The number of Topliss-reactive ketones (excluding diaryl/α,β-unsaturated/α-hetero) is 1. The smallest absolute Gasteiger partial charge is 0.293 e. The molecule has 0 N–H and O–H groups in total. The standard InChI is InChI=1S/C11H9F5O/c1-6(9(17)10(12)13)7-2-4-8(5-3-7)11(14,15)16/h2-6,10H,1H3. The molecular formula is C11H9F5O. The minimum absolute atomic E-state index is 0.142. The van der Waals surface area contributed by atoms with Crippen molar-refractivity contribution < 1.29 is 26.7 Å². The van der Waals surface area contributed by atoms with Gasteiger partial charge in [0.25, 0.3) is 6.43 Å². The molecule has 17 heavy (non-hydrogen) atoms. The van der Waals surface area contributed by atoms with Crippen LogP contribution in [0.2, 0.25) is 0 Å². The van der Waals surface area contributed by atoms with E-state index in [1.807, 2.05) is 0 Å². The summed E-state index contributed by atoms with van der Waals surface area (Å²) in [5.41, 5.74) is -0.735. The highest BCUT2D eigenvalue weighted by molar-refractivity contribution is 5.88. The predicted octanol–water partition coefficient (Wildman–Crippen LogP) is 3.64. The molecule has 0 aliphatic heterocycles. The van der Waals surface area contributed by atoms with Gasteiger partial charge in [-0.15, -0.1) is 0 Å². The van der Waals surface area contributed by atoms with Crippen LogP contribution in [0.1, 0.15) is 24.0 Å². The normalized spacial score (nSPS) is 13.8. The van der Waals surface area contributed by atoms with Gasteiger partial charge in [-0.2, -0.15) is 13.2 Å². The Kier molecular flexibility index (Phi) is 3.85. The second-order valence-corrected chi connectivity index (χ2v) is 3.54. The van der Waals surface area contributed by atoms with Crippen LogP contribution < -0.4 is 0 Å². The number of halogens is 5. The Bertz CT molecular complexity index is 393. The summed E-state index contributed by atoms with van der Waals surface area (Å²) in [7, 11) is 0. The van der Waals surface area contributed by atoms with Crippen molar-refractivity contribution in [3.63, 3.8) is 0 Å². The minimum Gasteiger partial charge on any atom is -0.293 e. The maximum absolute atomic E-state index is 12.2. The summed E-state index contributed by atoms with van der Waals surface area (Å²) in [5, 5.41) is 0. The average Bonchev–Trinajstić information content (AvgIpc) is 2.26. The zero-order valence-electron chi connectivity index (χ0n) is 8.76. The molecule has 0 fully saturated rings. The molecule has 6 heteroatoms. The van der Waals surface area contributed by atoms with Crippen molar-refractivity contribution in [1.82, 2.24) is 0 Å². The topological polar surface area (TPSA) is 17.1 Å². The number of hydrogen-bond acceptors (Lipinski definition) is 1. The molecule has 0 radical (unpaired) electrons. The molecule has 0 heterocycles. The summed E-state index contributed by atoms with van der Waals surface area (Å²) >= 11 is 0. The first kappa shape index (κ1) is 13.6. The molecule has 0 aromatic heterocycles. The summed E-state index contributed by atoms with van der Waals surface area (Å²) in [5.74, 6) is -2.41. The van der Waals surface area contributed by atoms with Crippen molar-refractivity contribution in [2.75, 3.05) is 0 Å². The summed E-state index contributed by atoms with van der Waals surface area (Å²) in [6.07, 6.45) is -7.60. The van der Waals surface area contributed by atoms with Gasteiger partial charge in [0, 0.05) is 5.92 Å². The molecule has 0 saturated heterocycles. The fraction of sp³-hybridized carbons (Fsp3) is 0.364. The lowest BCUT2D eigenvalue weighted by Crippen LogP contribution is -2.17. The van der Waals surface area contributed by atoms with E-state index in [1.165, 1.54) is 6.92 Å². The van der Waals surface area contributed by atoms with Crippen LogP contribution in [0.5, 0.6) is 0 Å². The van der Waals surface area contributed by atoms with Crippen molar-refractivity contribution in [1.29, 1.82) is 0 Å². The first-order chi connectivity index (χ1) is 7.73. The Morgan fingerprint density at radius 3 is 1.94 bits per heavy atom. The van der Waals surface area contributed by atoms with E-state index in [-0.39, 0.29) is 5.56 Å². The minimum atomic E-state index is -4.48. The lowest BCUT2D eigenvalue weighted by Gasteiger charge is -2.12. The molecule has 94 valence electrons. The lowest BCUT2D eigenvalue weighted by molar-refractivity contribution is -0.137. The van der Waals surface area contributed by atoms with Crippen LogP contribution in [0.3, 0.4) is 0 Å². The van der Waals surface area contributed by atoms with Gasteiger partial charge in [-0.05, 0) is 17.7 Å². The Hall–Kier alpha value is -1.46. The van der Waals surface area contributed by atoms with E-state index in [0.29, 0.717) is 0 Å². The molecule has 0 saturated carbocycles. The monoisotopic (exact) mass is 252 g/mol. The first-order valence-electron chi connectivity index (χ1n) is 4.72. The van der Waals surface area contributed by atoms with Crippen molar-refractivity contribution >= 4 is 5.78 Å². The van der Waals surface area contributed by atoms with Gasteiger partial charge >= 0.3 is 6.18 Å². The van der Waals surface area contributed by atoms with Crippen molar-refractivity contribution in [2.45, 2.75) is 25.4 Å². The van der Waals surface area contributed by atoms with E-state index >= 15 is 0 Å². The van der Waals surface area contributed by atoms with E-state index in [4.69, 9.17) is 0 Å². The van der Waals surface area contributed by atoms with E-state index in [2.05, 4.69) is 0 Å². The van der Waals surface area contributed by atoms with Crippen LogP contribution in [0, 0.1) is 0 Å². The Labute approximate surface area is 94.2 Å². The van der Waals surface area contributed by atoms with Gasteiger partial charge in [-0.1, -0.05) is 19.1 Å². The number of hydrogen-bond donors (Lipinski definition) is 0. The highest BCUT2D eigenvalue weighted by Crippen LogP contribution is 2.30. The number of benzene rings is 1. The SMILES string of the molecule is CC(C(=O)C(F)F)c1ccc(C(F)(F)F)cc1. The molecule has 1 unspecified atom stereocenters. The van der Waals surface area contributed by atoms with Gasteiger partial charge < -0.3 is 0 Å². The second kappa shape index (κ2) is 4.81. The molecule has 1 nitrogen and oxygen atoms in total. The highest BCUT2D eigenvalue weighted by atomic mass is 19.4. The van der Waals surface area contributed by atoms with Crippen LogP contribution in [-0.4, -0.2) is 12.2 Å². The number of ketones is 1. The lowest BCUT2D eigenvalue weighted by atomic mass is 9.96. The molecule has 0 aliphatic rings. The van der Waals surface area contributed by atoms with Crippen LogP contribution in [0.15, 0.2) is 24.3 Å². The van der Waals surface area contributed by atoms with E-state index < -0.39 is 29.9 Å². The molecule has 1 atom stereocenters. The number of carbonyl (C=O) groups is 1.